The Kier molecular flexibility index (Phi) is 14.2. The van der Waals surface area contributed by atoms with Gasteiger partial charge in [-0.2, -0.15) is 123 Å². The van der Waals surface area contributed by atoms with Gasteiger partial charge in [0, 0.05) is 6.42 Å². The number of hydrogen-bond acceptors (Lipinski definition) is 5. The van der Waals surface area contributed by atoms with Gasteiger partial charge in [-0.1, -0.05) is 6.08 Å². The molecule has 0 rings (SSSR count). The maximum absolute atomic E-state index is 15.0. The maximum Gasteiger partial charge on any atom is 0.460 e. The molecule has 0 saturated carbocycles. The first-order chi connectivity index (χ1) is 23.7. The summed E-state index contributed by atoms with van der Waals surface area (Å²) in [7, 11) is 0. The average Bonchev–Trinajstić information content (AvgIpc) is 2.96. The molecule has 0 heterocycles. The Morgan fingerprint density at radius 1 is 0.527 bits per heavy atom. The molecule has 33 heteroatoms. The highest BCUT2D eigenvalue weighted by molar-refractivity contribution is 5.54. The fourth-order valence-corrected chi connectivity index (χ4v) is 3.45. The summed E-state index contributed by atoms with van der Waals surface area (Å²) >= 11 is 0. The molecule has 0 bridgehead atoms. The maximum atomic E-state index is 15.0. The molecule has 55 heavy (non-hydrogen) atoms. The van der Waals surface area contributed by atoms with Crippen molar-refractivity contribution in [2.75, 3.05) is 19.8 Å². The first kappa shape index (κ1) is 52.0. The molecule has 328 valence electrons. The van der Waals surface area contributed by atoms with Crippen LogP contribution in [0.4, 0.5) is 128 Å². The van der Waals surface area contributed by atoms with Gasteiger partial charge in [0.1, 0.15) is 6.10 Å². The van der Waals surface area contributed by atoms with Gasteiger partial charge in [-0.3, -0.25) is 0 Å². The number of carbonyl (C=O) groups is 1. The van der Waals surface area contributed by atoms with Gasteiger partial charge in [-0.15, -0.1) is 6.58 Å². The van der Waals surface area contributed by atoms with Crippen LogP contribution in [-0.4, -0.2) is 116 Å². The van der Waals surface area contributed by atoms with E-state index in [0.29, 0.717) is 6.08 Å². The number of hydrogen-bond donors (Lipinski definition) is 0. The summed E-state index contributed by atoms with van der Waals surface area (Å²) in [4.78, 5) is 10.8. The van der Waals surface area contributed by atoms with Crippen molar-refractivity contribution in [3.8, 4) is 0 Å². The van der Waals surface area contributed by atoms with Crippen molar-refractivity contribution in [3.63, 3.8) is 0 Å². The number of carboxylic acid groups (broad SMARTS) is 1. The van der Waals surface area contributed by atoms with Crippen LogP contribution < -0.4 is 5.11 Å². The molecule has 0 spiro atoms. The molecule has 0 aromatic carbocycles. The Morgan fingerprint density at radius 2 is 0.855 bits per heavy atom. The van der Waals surface area contributed by atoms with E-state index in [4.69, 9.17) is 0 Å². The van der Waals surface area contributed by atoms with Crippen molar-refractivity contribution in [2.24, 2.45) is 0 Å². The lowest BCUT2D eigenvalue weighted by atomic mass is 9.88. The molecule has 0 amide bonds. The van der Waals surface area contributed by atoms with Crippen LogP contribution in [-0.2, 0) is 14.2 Å². The second-order valence-electron chi connectivity index (χ2n) is 10.3. The van der Waals surface area contributed by atoms with Gasteiger partial charge in [0.2, 0.25) is 0 Å². The van der Waals surface area contributed by atoms with Crippen LogP contribution >= 0.6 is 0 Å². The van der Waals surface area contributed by atoms with Crippen molar-refractivity contribution in [1.82, 2.24) is 0 Å². The second kappa shape index (κ2) is 15.0. The number of ether oxygens (including phenoxy) is 3. The van der Waals surface area contributed by atoms with E-state index in [2.05, 4.69) is 20.8 Å². The van der Waals surface area contributed by atoms with Gasteiger partial charge in [0.25, 0.3) is 6.16 Å². The van der Waals surface area contributed by atoms with Gasteiger partial charge in [-0.25, -0.2) is 0 Å². The van der Waals surface area contributed by atoms with E-state index in [0.717, 1.165) is 0 Å². The van der Waals surface area contributed by atoms with Crippen LogP contribution in [0.2, 0.25) is 0 Å². The van der Waals surface area contributed by atoms with E-state index in [1.165, 1.54) is 0 Å². The Hall–Kier alpha value is -3.03. The normalized spacial score (nSPS) is 16.9. The van der Waals surface area contributed by atoms with E-state index in [1.807, 2.05) is 0 Å². The largest absolute Gasteiger partial charge is 0.541 e. The standard InChI is InChI=1S/C22H14F28O5/c1-2-4-53-6-7(55-9(51)52)8(11(25,26)13(29,30)15(33,34)16(35,36)18(39,40)20(43,44)22(48,49)50)54-5-3-10(23,24)12(27,28)14(31,32)17(37,38)19(41,42)21(45,46)47/h2,7-8H,1,3-6H2,(H,51,52)/p-1. The number of rotatable bonds is 20. The molecule has 2 unspecified atom stereocenters. The molecular weight excluding hydrogens is 876 g/mol. The quantitative estimate of drug-likeness (QED) is 0.0530. The van der Waals surface area contributed by atoms with E-state index < -0.39 is 122 Å². The molecule has 0 fully saturated rings. The summed E-state index contributed by atoms with van der Waals surface area (Å²) in [6, 6.07) is 0. The molecule has 0 aromatic heterocycles. The molecule has 2 atom stereocenters. The first-order valence-electron chi connectivity index (χ1n) is 12.7. The van der Waals surface area contributed by atoms with Crippen molar-refractivity contribution < 1.29 is 147 Å². The molecule has 0 aromatic rings. The van der Waals surface area contributed by atoms with Crippen molar-refractivity contribution in [2.45, 2.75) is 96.1 Å². The second-order valence-corrected chi connectivity index (χ2v) is 10.3. The number of alkyl halides is 28. The predicted molar refractivity (Wildman–Crippen MR) is 112 cm³/mol. The van der Waals surface area contributed by atoms with E-state index in [9.17, 15) is 124 Å². The highest BCUT2D eigenvalue weighted by Crippen LogP contribution is 2.64. The Labute approximate surface area is 283 Å². The Balaban J connectivity index is 7.42. The Morgan fingerprint density at radius 3 is 1.18 bits per heavy atom. The highest BCUT2D eigenvalue weighted by Gasteiger charge is 2.94. The summed E-state index contributed by atoms with van der Waals surface area (Å²) in [6.07, 6.45) is -32.5. The third-order valence-electron chi connectivity index (χ3n) is 6.52. The van der Waals surface area contributed by atoms with Gasteiger partial charge in [0.05, 0.1) is 25.9 Å². The van der Waals surface area contributed by atoms with Gasteiger partial charge in [0.15, 0.2) is 0 Å². The molecule has 0 radical (unpaired) electrons. The molecule has 0 saturated heterocycles. The summed E-state index contributed by atoms with van der Waals surface area (Å²) < 4.78 is 389. The van der Waals surface area contributed by atoms with Crippen LogP contribution in [0.1, 0.15) is 6.42 Å². The molecule has 0 N–H and O–H groups in total. The summed E-state index contributed by atoms with van der Waals surface area (Å²) in [5, 5.41) is 10.8. The van der Waals surface area contributed by atoms with Crippen molar-refractivity contribution >= 4 is 6.16 Å². The van der Waals surface area contributed by atoms with Gasteiger partial charge < -0.3 is 24.1 Å². The molecule has 0 aliphatic heterocycles. The van der Waals surface area contributed by atoms with Crippen molar-refractivity contribution in [3.05, 3.63) is 12.7 Å². The Bertz CT molecular complexity index is 1330. The predicted octanol–water partition coefficient (Wildman–Crippen LogP) is 8.81. The van der Waals surface area contributed by atoms with Crippen LogP contribution in [0.25, 0.3) is 0 Å². The van der Waals surface area contributed by atoms with Crippen LogP contribution in [0.5, 0.6) is 0 Å². The molecular formula is C22H13F28O5-. The highest BCUT2D eigenvalue weighted by atomic mass is 19.4. The smallest absolute Gasteiger partial charge is 0.460 e. The molecule has 0 aliphatic carbocycles. The third kappa shape index (κ3) is 8.22. The summed E-state index contributed by atoms with van der Waals surface area (Å²) in [5.41, 5.74) is 0. The minimum Gasteiger partial charge on any atom is -0.541 e. The number of carbonyl (C=O) groups excluding carboxylic acids is 1. The zero-order valence-electron chi connectivity index (χ0n) is 24.9. The lowest BCUT2D eigenvalue weighted by molar-refractivity contribution is -0.457. The van der Waals surface area contributed by atoms with E-state index in [1.54, 1.807) is 0 Å². The average molecular weight is 889 g/mol. The minimum absolute atomic E-state index is 0.428. The zero-order valence-corrected chi connectivity index (χ0v) is 24.9. The van der Waals surface area contributed by atoms with Gasteiger partial charge in [-0.05, 0) is 0 Å². The topological polar surface area (TPSA) is 67.8 Å². The van der Waals surface area contributed by atoms with Gasteiger partial charge >= 0.3 is 77.5 Å². The summed E-state index contributed by atoms with van der Waals surface area (Å²) in [5.74, 6) is -93.6. The first-order valence-corrected chi connectivity index (χ1v) is 12.7. The van der Waals surface area contributed by atoms with Crippen LogP contribution in [0, 0.1) is 0 Å². The van der Waals surface area contributed by atoms with E-state index in [-0.39, 0.29) is 0 Å². The SMILES string of the molecule is C=CCOCC(OC(=O)[O-])C(OCCC(F)(F)C(F)(F)C(F)(F)C(F)(F)C(F)(F)C(F)(F)F)C(F)(F)C(F)(F)C(F)(F)C(F)(F)C(F)(F)C(F)(F)C(F)(F)F. The molecule has 5 nitrogen and oxygen atoms in total. The molecule has 0 aliphatic rings. The lowest BCUT2D eigenvalue weighted by Crippen LogP contribution is -2.74. The zero-order chi connectivity index (χ0) is 44.9. The summed E-state index contributed by atoms with van der Waals surface area (Å²) in [6.45, 7) is -4.28. The fraction of sp³-hybridized carbons (Fsp3) is 0.864. The lowest BCUT2D eigenvalue weighted by Gasteiger charge is -2.44. The van der Waals surface area contributed by atoms with Crippen LogP contribution in [0.3, 0.4) is 0 Å². The van der Waals surface area contributed by atoms with Crippen molar-refractivity contribution in [1.29, 1.82) is 0 Å². The monoisotopic (exact) mass is 889 g/mol. The van der Waals surface area contributed by atoms with E-state index >= 15 is 8.78 Å². The minimum atomic E-state index is -9.08. The fourth-order valence-electron chi connectivity index (χ4n) is 3.45. The van der Waals surface area contributed by atoms with Crippen LogP contribution in [0.15, 0.2) is 12.7 Å². The third-order valence-corrected chi connectivity index (χ3v) is 6.52. The number of halogens is 28.